The Morgan fingerprint density at radius 1 is 0.971 bits per heavy atom. The topological polar surface area (TPSA) is 163 Å². The van der Waals surface area contributed by atoms with Crippen molar-refractivity contribution < 1.29 is 42.4 Å². The van der Waals surface area contributed by atoms with E-state index in [2.05, 4.69) is 5.32 Å². The molecule has 0 fully saturated rings. The molecule has 11 nitrogen and oxygen atoms in total. The number of rotatable bonds is 15. The van der Waals surface area contributed by atoms with Gasteiger partial charge in [-0.25, -0.2) is 4.57 Å². The molecule has 0 spiro atoms. The zero-order chi connectivity index (χ0) is 26.8. The van der Waals surface area contributed by atoms with E-state index in [0.29, 0.717) is 12.8 Å². The summed E-state index contributed by atoms with van der Waals surface area (Å²) in [4.78, 5) is 46.2. The van der Waals surface area contributed by atoms with Gasteiger partial charge in [0.2, 0.25) is 5.91 Å². The van der Waals surface area contributed by atoms with Gasteiger partial charge in [-0.15, -0.1) is 0 Å². The number of carbonyl (C=O) groups excluding carboxylic acids is 3. The standard InChI is InChI=1S/C22H43N2O9P/c1-9-21(5,6)18(26)30-13-16(33-19(27)22(7,8)15-20(2,3)4)14-32-34(28,29)31-11-10-24-17(25)12-23/h16H,9-15,23H2,1-8H3,(H,24,25)(H,28,29). The second-order valence-electron chi connectivity index (χ2n) is 10.6. The van der Waals surface area contributed by atoms with Gasteiger partial charge in [0.15, 0.2) is 6.10 Å². The van der Waals surface area contributed by atoms with Crippen molar-refractivity contribution >= 4 is 25.7 Å². The highest BCUT2D eigenvalue weighted by molar-refractivity contribution is 7.47. The lowest BCUT2D eigenvalue weighted by molar-refractivity contribution is -0.173. The summed E-state index contributed by atoms with van der Waals surface area (Å²) < 4.78 is 32.8. The average molecular weight is 511 g/mol. The largest absolute Gasteiger partial charge is 0.472 e. The van der Waals surface area contributed by atoms with E-state index in [1.807, 2.05) is 27.7 Å². The summed E-state index contributed by atoms with van der Waals surface area (Å²) >= 11 is 0. The first-order valence-electron chi connectivity index (χ1n) is 11.3. The third kappa shape index (κ3) is 13.4. The van der Waals surface area contributed by atoms with E-state index in [1.165, 1.54) is 0 Å². The molecule has 0 saturated carbocycles. The number of ether oxygens (including phenoxy) is 2. The van der Waals surface area contributed by atoms with Crippen LogP contribution in [0.25, 0.3) is 0 Å². The molecule has 0 aliphatic heterocycles. The van der Waals surface area contributed by atoms with Crippen molar-refractivity contribution in [3.05, 3.63) is 0 Å². The Balaban J connectivity index is 5.19. The smallest absolute Gasteiger partial charge is 0.461 e. The van der Waals surface area contributed by atoms with Crippen LogP contribution in [0.1, 0.15) is 68.2 Å². The van der Waals surface area contributed by atoms with Gasteiger partial charge in [0.25, 0.3) is 0 Å². The Hall–Kier alpha value is -1.52. The molecule has 0 radical (unpaired) electrons. The Kier molecular flexibility index (Phi) is 12.9. The lowest BCUT2D eigenvalue weighted by atomic mass is 9.76. The summed E-state index contributed by atoms with van der Waals surface area (Å²) in [5, 5.41) is 2.38. The lowest BCUT2D eigenvalue weighted by Crippen LogP contribution is -2.38. The molecule has 34 heavy (non-hydrogen) atoms. The molecule has 2 atom stereocenters. The Morgan fingerprint density at radius 3 is 2.06 bits per heavy atom. The summed E-state index contributed by atoms with van der Waals surface area (Å²) in [6.45, 7) is 13.3. The zero-order valence-corrected chi connectivity index (χ0v) is 22.7. The van der Waals surface area contributed by atoms with Crippen LogP contribution in [0, 0.1) is 16.2 Å². The van der Waals surface area contributed by atoms with Crippen molar-refractivity contribution in [3.8, 4) is 0 Å². The summed E-state index contributed by atoms with van der Waals surface area (Å²) in [7, 11) is -4.53. The van der Waals surface area contributed by atoms with Crippen molar-refractivity contribution in [2.75, 3.05) is 32.9 Å². The molecular weight excluding hydrogens is 467 g/mol. The summed E-state index contributed by atoms with van der Waals surface area (Å²) in [5.41, 5.74) is 3.40. The fourth-order valence-electron chi connectivity index (χ4n) is 2.97. The van der Waals surface area contributed by atoms with E-state index in [9.17, 15) is 23.8 Å². The lowest BCUT2D eigenvalue weighted by Gasteiger charge is -2.32. The highest BCUT2D eigenvalue weighted by Gasteiger charge is 2.37. The molecule has 0 aliphatic carbocycles. The molecule has 200 valence electrons. The Bertz CT molecular complexity index is 732. The van der Waals surface area contributed by atoms with Crippen molar-refractivity contribution in [3.63, 3.8) is 0 Å². The first-order chi connectivity index (χ1) is 15.3. The van der Waals surface area contributed by atoms with Gasteiger partial charge in [0.05, 0.1) is 30.6 Å². The first kappa shape index (κ1) is 32.5. The molecule has 0 bridgehead atoms. The molecule has 2 unspecified atom stereocenters. The van der Waals surface area contributed by atoms with Gasteiger partial charge in [0.1, 0.15) is 6.61 Å². The number of nitrogens with two attached hydrogens (primary N) is 1. The molecule has 0 heterocycles. The second kappa shape index (κ2) is 13.5. The first-order valence-corrected chi connectivity index (χ1v) is 12.8. The predicted octanol–water partition coefficient (Wildman–Crippen LogP) is 2.55. The molecular formula is C22H43N2O9P. The summed E-state index contributed by atoms with van der Waals surface area (Å²) in [5.74, 6) is -1.50. The number of hydrogen-bond acceptors (Lipinski definition) is 9. The quantitative estimate of drug-likeness (QED) is 0.169. The fraction of sp³-hybridized carbons (Fsp3) is 0.864. The van der Waals surface area contributed by atoms with Crippen molar-refractivity contribution in [1.82, 2.24) is 5.32 Å². The minimum Gasteiger partial charge on any atom is -0.461 e. The van der Waals surface area contributed by atoms with E-state index in [1.54, 1.807) is 27.7 Å². The number of carbonyl (C=O) groups is 3. The van der Waals surface area contributed by atoms with Crippen molar-refractivity contribution in [2.45, 2.75) is 74.3 Å². The van der Waals surface area contributed by atoms with Crippen LogP contribution in [0.3, 0.4) is 0 Å². The number of hydrogen-bond donors (Lipinski definition) is 3. The van der Waals surface area contributed by atoms with Crippen LogP contribution in [-0.4, -0.2) is 61.8 Å². The van der Waals surface area contributed by atoms with E-state index >= 15 is 0 Å². The van der Waals surface area contributed by atoms with Gasteiger partial charge in [0, 0.05) is 6.54 Å². The van der Waals surface area contributed by atoms with E-state index in [4.69, 9.17) is 24.3 Å². The monoisotopic (exact) mass is 510 g/mol. The van der Waals surface area contributed by atoms with Crippen LogP contribution in [0.2, 0.25) is 0 Å². The predicted molar refractivity (Wildman–Crippen MR) is 127 cm³/mol. The van der Waals surface area contributed by atoms with Gasteiger partial charge in [-0.2, -0.15) is 0 Å². The van der Waals surface area contributed by atoms with Gasteiger partial charge < -0.3 is 25.4 Å². The zero-order valence-electron chi connectivity index (χ0n) is 21.8. The molecule has 12 heteroatoms. The minimum absolute atomic E-state index is 0.0485. The molecule has 0 aliphatic rings. The van der Waals surface area contributed by atoms with Crippen molar-refractivity contribution in [1.29, 1.82) is 0 Å². The minimum atomic E-state index is -4.53. The number of phosphoric acid groups is 1. The molecule has 0 aromatic rings. The fourth-order valence-corrected chi connectivity index (χ4v) is 3.72. The highest BCUT2D eigenvalue weighted by atomic mass is 31.2. The third-order valence-electron chi connectivity index (χ3n) is 4.92. The summed E-state index contributed by atoms with van der Waals surface area (Å²) in [6, 6.07) is 0. The Morgan fingerprint density at radius 2 is 1.56 bits per heavy atom. The van der Waals surface area contributed by atoms with Crippen molar-refractivity contribution in [2.24, 2.45) is 22.0 Å². The van der Waals surface area contributed by atoms with E-state index in [-0.39, 0.29) is 31.7 Å². The van der Waals surface area contributed by atoms with Gasteiger partial charge >= 0.3 is 19.8 Å². The van der Waals surface area contributed by atoms with Crippen LogP contribution in [0.15, 0.2) is 0 Å². The number of amides is 1. The average Bonchev–Trinajstić information content (AvgIpc) is 2.70. The maximum Gasteiger partial charge on any atom is 0.472 e. The molecule has 4 N–H and O–H groups in total. The van der Waals surface area contributed by atoms with Crippen LogP contribution in [0.5, 0.6) is 0 Å². The van der Waals surface area contributed by atoms with Gasteiger partial charge in [-0.05, 0) is 46.0 Å². The molecule has 0 aromatic carbocycles. The van der Waals surface area contributed by atoms with Gasteiger partial charge in [-0.3, -0.25) is 23.4 Å². The van der Waals surface area contributed by atoms with Crippen LogP contribution < -0.4 is 11.1 Å². The number of nitrogens with one attached hydrogen (secondary N) is 1. The molecule has 1 amide bonds. The van der Waals surface area contributed by atoms with Crippen LogP contribution in [0.4, 0.5) is 0 Å². The number of esters is 2. The van der Waals surface area contributed by atoms with Crippen LogP contribution >= 0.6 is 7.82 Å². The SMILES string of the molecule is CCC(C)(C)C(=O)OCC(COP(=O)(O)OCCNC(=O)CN)OC(=O)C(C)(C)CC(C)(C)C. The summed E-state index contributed by atoms with van der Waals surface area (Å²) in [6.07, 6.45) is -0.0823. The van der Waals surface area contributed by atoms with Crippen LogP contribution in [-0.2, 0) is 37.5 Å². The molecule has 0 saturated heterocycles. The van der Waals surface area contributed by atoms with E-state index < -0.39 is 49.2 Å². The molecule has 0 aromatic heterocycles. The van der Waals surface area contributed by atoms with E-state index in [0.717, 1.165) is 0 Å². The normalized spacial score (nSPS) is 15.2. The Labute approximate surface area is 203 Å². The highest BCUT2D eigenvalue weighted by Crippen LogP contribution is 2.43. The maximum atomic E-state index is 12.8. The number of phosphoric ester groups is 1. The molecule has 0 rings (SSSR count). The van der Waals surface area contributed by atoms with Gasteiger partial charge in [-0.1, -0.05) is 27.7 Å². The maximum absolute atomic E-state index is 12.8. The third-order valence-corrected chi connectivity index (χ3v) is 5.91. The second-order valence-corrected chi connectivity index (χ2v) is 12.1.